The zero-order chi connectivity index (χ0) is 44.4. The summed E-state index contributed by atoms with van der Waals surface area (Å²) in [4.78, 5) is 0. The van der Waals surface area contributed by atoms with Crippen molar-refractivity contribution in [2.45, 2.75) is 19.3 Å². The van der Waals surface area contributed by atoms with E-state index in [0.717, 1.165) is 22.7 Å². The third kappa shape index (κ3) is 5.47. The molecule has 0 saturated heterocycles. The van der Waals surface area contributed by atoms with E-state index >= 15 is 0 Å². The first-order valence-electron chi connectivity index (χ1n) is 23.3. The lowest BCUT2D eigenvalue weighted by Gasteiger charge is -2.27. The van der Waals surface area contributed by atoms with Crippen LogP contribution in [0.5, 0.6) is 0 Å². The molecule has 4 aromatic heterocycles. The number of rotatable bonds is 6. The molecule has 4 heteroatoms. The SMILES string of the molecule is CC(C)(c1ccc2c3cc4c5ccccc5n(-c5ccccc5)c4cc3n(-c3ccccc3)c2c1)c1ccc2c3cc4c5ccccc5n(-c5ccccc5)c4cc3n(-c3ccccc3)c2c1. The zero-order valence-corrected chi connectivity index (χ0v) is 37.2. The van der Waals surface area contributed by atoms with Crippen molar-refractivity contribution in [2.24, 2.45) is 0 Å². The van der Waals surface area contributed by atoms with Crippen molar-refractivity contribution in [3.8, 4) is 22.7 Å². The minimum Gasteiger partial charge on any atom is -0.309 e. The molecule has 67 heavy (non-hydrogen) atoms. The highest BCUT2D eigenvalue weighted by atomic mass is 15.0. The molecule has 4 nitrogen and oxygen atoms in total. The Kier molecular flexibility index (Phi) is 8.00. The van der Waals surface area contributed by atoms with Gasteiger partial charge in [-0.15, -0.1) is 0 Å². The summed E-state index contributed by atoms with van der Waals surface area (Å²) in [6, 6.07) is 84.9. The van der Waals surface area contributed by atoms with E-state index in [4.69, 9.17) is 0 Å². The van der Waals surface area contributed by atoms with Crippen molar-refractivity contribution >= 4 is 87.2 Å². The van der Waals surface area contributed by atoms with Crippen molar-refractivity contribution < 1.29 is 0 Å². The maximum absolute atomic E-state index is 2.48. The van der Waals surface area contributed by atoms with E-state index < -0.39 is 0 Å². The van der Waals surface area contributed by atoms with Crippen LogP contribution in [0.1, 0.15) is 25.0 Å². The lowest BCUT2D eigenvalue weighted by molar-refractivity contribution is 0.642. The van der Waals surface area contributed by atoms with Gasteiger partial charge in [0.15, 0.2) is 0 Å². The fourth-order valence-electron chi connectivity index (χ4n) is 11.3. The van der Waals surface area contributed by atoms with Gasteiger partial charge >= 0.3 is 0 Å². The first-order valence-corrected chi connectivity index (χ1v) is 23.3. The van der Waals surface area contributed by atoms with Gasteiger partial charge in [0.05, 0.1) is 44.1 Å². The van der Waals surface area contributed by atoms with Gasteiger partial charge in [-0.05, 0) is 108 Å². The van der Waals surface area contributed by atoms with Gasteiger partial charge in [-0.25, -0.2) is 0 Å². The molecule has 316 valence electrons. The largest absolute Gasteiger partial charge is 0.309 e. The average molecular weight is 857 g/mol. The minimum atomic E-state index is -0.339. The number of hydrogen-bond acceptors (Lipinski definition) is 0. The summed E-state index contributed by atoms with van der Waals surface area (Å²) >= 11 is 0. The van der Waals surface area contributed by atoms with Gasteiger partial charge in [-0.3, -0.25) is 0 Å². The maximum Gasteiger partial charge on any atom is 0.0562 e. The molecule has 0 spiro atoms. The monoisotopic (exact) mass is 856 g/mol. The second-order valence-corrected chi connectivity index (χ2v) is 18.6. The predicted octanol–water partition coefficient (Wildman–Crippen LogP) is 16.4. The van der Waals surface area contributed by atoms with Crippen LogP contribution in [0.15, 0.2) is 231 Å². The Balaban J connectivity index is 0.993. The molecule has 0 aliphatic rings. The Morgan fingerprint density at radius 1 is 0.224 bits per heavy atom. The first-order chi connectivity index (χ1) is 33.0. The summed E-state index contributed by atoms with van der Waals surface area (Å²) in [5.41, 5.74) is 16.4. The highest BCUT2D eigenvalue weighted by molar-refractivity contribution is 6.21. The molecule has 0 aliphatic carbocycles. The molecule has 0 N–H and O–H groups in total. The zero-order valence-electron chi connectivity index (χ0n) is 37.2. The molecule has 0 radical (unpaired) electrons. The topological polar surface area (TPSA) is 19.7 Å². The molecule has 0 aliphatic heterocycles. The van der Waals surface area contributed by atoms with Gasteiger partial charge in [0.25, 0.3) is 0 Å². The van der Waals surface area contributed by atoms with Crippen LogP contribution in [0, 0.1) is 0 Å². The van der Waals surface area contributed by atoms with E-state index in [1.165, 1.54) is 98.4 Å². The summed E-state index contributed by atoms with van der Waals surface area (Å²) < 4.78 is 9.79. The molecule has 0 unspecified atom stereocenters. The van der Waals surface area contributed by atoms with Crippen LogP contribution in [-0.4, -0.2) is 18.3 Å². The standard InChI is InChI=1S/C63H44N4/c1-63(2,41-31-33-49-53-37-51-47-27-15-17-29-55(47)64(43-19-7-3-8-20-43)59(51)39-61(53)66(57(49)35-41)45-23-11-5-12-24-45)42-32-34-50-54-38-52-48-28-16-18-30-56(48)65(44-21-9-4-10-22-44)60(52)40-62(54)67(58(50)36-42)46-25-13-6-14-26-46/h3-40H,1-2H3. The number of nitrogens with zero attached hydrogens (tertiary/aromatic N) is 4. The minimum absolute atomic E-state index is 0.339. The molecule has 0 bridgehead atoms. The summed E-state index contributed by atoms with van der Waals surface area (Å²) in [5, 5.41) is 10.0. The van der Waals surface area contributed by atoms with E-state index in [-0.39, 0.29) is 5.41 Å². The van der Waals surface area contributed by atoms with Crippen LogP contribution in [0.4, 0.5) is 0 Å². The van der Waals surface area contributed by atoms with Crippen molar-refractivity contribution in [3.63, 3.8) is 0 Å². The van der Waals surface area contributed by atoms with E-state index in [2.05, 4.69) is 263 Å². The fraction of sp³-hybridized carbons (Fsp3) is 0.0476. The highest BCUT2D eigenvalue weighted by Crippen LogP contribution is 2.44. The van der Waals surface area contributed by atoms with Gasteiger partial charge < -0.3 is 18.3 Å². The van der Waals surface area contributed by atoms with E-state index in [0.29, 0.717) is 0 Å². The Hall–Kier alpha value is -8.60. The van der Waals surface area contributed by atoms with E-state index in [9.17, 15) is 0 Å². The Labute approximate surface area is 387 Å². The summed E-state index contributed by atoms with van der Waals surface area (Å²) in [7, 11) is 0. The smallest absolute Gasteiger partial charge is 0.0562 e. The van der Waals surface area contributed by atoms with Crippen molar-refractivity contribution in [2.75, 3.05) is 0 Å². The summed E-state index contributed by atoms with van der Waals surface area (Å²) in [5.74, 6) is 0. The average Bonchev–Trinajstić information content (AvgIpc) is 4.09. The molecular weight excluding hydrogens is 813 g/mol. The Bertz CT molecular complexity index is 3990. The van der Waals surface area contributed by atoms with Crippen LogP contribution in [0.3, 0.4) is 0 Å². The second kappa shape index (κ2) is 14.2. The van der Waals surface area contributed by atoms with Gasteiger partial charge in [0.1, 0.15) is 0 Å². The van der Waals surface area contributed by atoms with Gasteiger partial charge in [-0.2, -0.15) is 0 Å². The molecule has 0 amide bonds. The van der Waals surface area contributed by atoms with Gasteiger partial charge in [0, 0.05) is 71.3 Å². The molecular formula is C63H44N4. The van der Waals surface area contributed by atoms with Gasteiger partial charge in [-0.1, -0.05) is 147 Å². The van der Waals surface area contributed by atoms with E-state index in [1.807, 2.05) is 0 Å². The molecule has 0 fully saturated rings. The van der Waals surface area contributed by atoms with E-state index in [1.54, 1.807) is 0 Å². The van der Waals surface area contributed by atoms with Crippen molar-refractivity contribution in [1.29, 1.82) is 0 Å². The summed E-state index contributed by atoms with van der Waals surface area (Å²) in [6.07, 6.45) is 0. The molecule has 4 heterocycles. The van der Waals surface area contributed by atoms with Crippen LogP contribution in [-0.2, 0) is 5.41 Å². The first kappa shape index (κ1) is 37.7. The number of aromatic nitrogens is 4. The lowest BCUT2D eigenvalue weighted by atomic mass is 9.77. The van der Waals surface area contributed by atoms with Crippen LogP contribution < -0.4 is 0 Å². The van der Waals surface area contributed by atoms with Gasteiger partial charge in [0.2, 0.25) is 0 Å². The summed E-state index contributed by atoms with van der Waals surface area (Å²) in [6.45, 7) is 4.76. The third-order valence-corrected chi connectivity index (χ3v) is 14.6. The molecule has 14 aromatic rings. The number of fused-ring (bicyclic) bond motifs is 12. The Morgan fingerprint density at radius 3 is 0.836 bits per heavy atom. The molecule has 0 saturated carbocycles. The maximum atomic E-state index is 2.48. The molecule has 0 atom stereocenters. The van der Waals surface area contributed by atoms with Crippen LogP contribution >= 0.6 is 0 Å². The van der Waals surface area contributed by atoms with Crippen LogP contribution in [0.25, 0.3) is 110 Å². The fourth-order valence-corrected chi connectivity index (χ4v) is 11.3. The Morgan fingerprint density at radius 2 is 0.493 bits per heavy atom. The predicted molar refractivity (Wildman–Crippen MR) is 282 cm³/mol. The normalized spacial score (nSPS) is 12.3. The number of benzene rings is 10. The van der Waals surface area contributed by atoms with Crippen LogP contribution in [0.2, 0.25) is 0 Å². The lowest BCUT2D eigenvalue weighted by Crippen LogP contribution is -2.19. The molecule has 10 aromatic carbocycles. The number of para-hydroxylation sites is 6. The highest BCUT2D eigenvalue weighted by Gasteiger charge is 2.28. The molecule has 14 rings (SSSR count). The second-order valence-electron chi connectivity index (χ2n) is 18.6. The van der Waals surface area contributed by atoms with Crippen molar-refractivity contribution in [1.82, 2.24) is 18.3 Å². The third-order valence-electron chi connectivity index (χ3n) is 14.6. The van der Waals surface area contributed by atoms with Crippen molar-refractivity contribution in [3.05, 3.63) is 242 Å². The number of hydrogen-bond donors (Lipinski definition) is 0. The quantitative estimate of drug-likeness (QED) is 0.159.